The molecular formula is C18H27NO2. The largest absolute Gasteiger partial charge is 0.497 e. The van der Waals surface area contributed by atoms with Crippen LogP contribution in [0.15, 0.2) is 24.3 Å². The zero-order valence-corrected chi connectivity index (χ0v) is 13.2. The Hall–Kier alpha value is -1.22. The highest BCUT2D eigenvalue weighted by atomic mass is 16.5. The van der Waals surface area contributed by atoms with E-state index in [-0.39, 0.29) is 0 Å². The highest BCUT2D eigenvalue weighted by Crippen LogP contribution is 2.52. The second-order valence-electron chi connectivity index (χ2n) is 6.51. The van der Waals surface area contributed by atoms with Crippen LogP contribution in [0.5, 0.6) is 11.5 Å². The van der Waals surface area contributed by atoms with Gasteiger partial charge in [0, 0.05) is 23.9 Å². The molecule has 2 aliphatic rings. The lowest BCUT2D eigenvalue weighted by Crippen LogP contribution is -2.64. The van der Waals surface area contributed by atoms with E-state index in [2.05, 4.69) is 12.4 Å². The average Bonchev–Trinajstić information content (AvgIpc) is 2.79. The Balaban J connectivity index is 1.74. The number of methoxy groups -OCH3 is 1. The molecule has 0 aromatic heterocycles. The third kappa shape index (κ3) is 2.76. The number of rotatable bonds is 4. The van der Waals surface area contributed by atoms with Gasteiger partial charge in [0.05, 0.1) is 7.11 Å². The van der Waals surface area contributed by atoms with Crippen molar-refractivity contribution in [2.45, 2.75) is 57.1 Å². The summed E-state index contributed by atoms with van der Waals surface area (Å²) in [5.41, 5.74) is 0.342. The van der Waals surface area contributed by atoms with E-state index in [0.29, 0.717) is 17.6 Å². The first-order chi connectivity index (χ1) is 10.3. The molecule has 0 bridgehead atoms. The van der Waals surface area contributed by atoms with Gasteiger partial charge in [-0.15, -0.1) is 0 Å². The standard InChI is InChI=1S/C18H27NO2/c1-19-16-13-17(18(16)10-5-3-4-6-11-18)21-15-9-7-8-14(12-15)20-2/h7-9,12,16-17,19H,3-6,10-11,13H2,1-2H3. The lowest BCUT2D eigenvalue weighted by atomic mass is 9.58. The van der Waals surface area contributed by atoms with Gasteiger partial charge >= 0.3 is 0 Å². The molecule has 0 saturated heterocycles. The van der Waals surface area contributed by atoms with Gasteiger partial charge in [-0.2, -0.15) is 0 Å². The maximum atomic E-state index is 6.35. The van der Waals surface area contributed by atoms with E-state index in [1.165, 1.54) is 38.5 Å². The Morgan fingerprint density at radius 1 is 1.10 bits per heavy atom. The van der Waals surface area contributed by atoms with Crippen LogP contribution in [0.1, 0.15) is 44.9 Å². The van der Waals surface area contributed by atoms with Crippen molar-refractivity contribution >= 4 is 0 Å². The van der Waals surface area contributed by atoms with Gasteiger partial charge in [-0.1, -0.05) is 31.7 Å². The lowest BCUT2D eigenvalue weighted by molar-refractivity contribution is -0.0882. The van der Waals surface area contributed by atoms with Gasteiger partial charge in [0.1, 0.15) is 17.6 Å². The van der Waals surface area contributed by atoms with Gasteiger partial charge in [-0.25, -0.2) is 0 Å². The molecule has 1 aromatic rings. The predicted octanol–water partition coefficient (Wildman–Crippen LogP) is 3.77. The SMILES string of the molecule is CNC1CC(Oc2cccc(OC)c2)C12CCCCCC2. The van der Waals surface area contributed by atoms with Crippen LogP contribution in [-0.4, -0.2) is 26.3 Å². The van der Waals surface area contributed by atoms with Crippen molar-refractivity contribution in [3.05, 3.63) is 24.3 Å². The van der Waals surface area contributed by atoms with Crippen LogP contribution < -0.4 is 14.8 Å². The summed E-state index contributed by atoms with van der Waals surface area (Å²) in [6.45, 7) is 0. The van der Waals surface area contributed by atoms with Crippen LogP contribution in [0, 0.1) is 5.41 Å². The van der Waals surface area contributed by atoms with Crippen molar-refractivity contribution in [1.29, 1.82) is 0 Å². The fourth-order valence-electron chi connectivity index (χ4n) is 4.21. The minimum Gasteiger partial charge on any atom is -0.497 e. The van der Waals surface area contributed by atoms with Gasteiger partial charge in [-0.05, 0) is 32.0 Å². The topological polar surface area (TPSA) is 30.5 Å². The van der Waals surface area contributed by atoms with Gasteiger partial charge in [-0.3, -0.25) is 0 Å². The van der Waals surface area contributed by atoms with E-state index < -0.39 is 0 Å². The van der Waals surface area contributed by atoms with Gasteiger partial charge in [0.25, 0.3) is 0 Å². The average molecular weight is 289 g/mol. The first-order valence-electron chi connectivity index (χ1n) is 8.26. The monoisotopic (exact) mass is 289 g/mol. The van der Waals surface area contributed by atoms with Crippen molar-refractivity contribution in [2.24, 2.45) is 5.41 Å². The van der Waals surface area contributed by atoms with Crippen molar-refractivity contribution in [3.8, 4) is 11.5 Å². The predicted molar refractivity (Wildman–Crippen MR) is 85.0 cm³/mol. The highest BCUT2D eigenvalue weighted by Gasteiger charge is 2.55. The number of hydrogen-bond acceptors (Lipinski definition) is 3. The quantitative estimate of drug-likeness (QED) is 0.915. The third-order valence-electron chi connectivity index (χ3n) is 5.49. The molecular weight excluding hydrogens is 262 g/mol. The molecule has 2 aliphatic carbocycles. The molecule has 2 unspecified atom stereocenters. The summed E-state index contributed by atoms with van der Waals surface area (Å²) >= 11 is 0. The van der Waals surface area contributed by atoms with E-state index in [1.54, 1.807) is 7.11 Å². The second-order valence-corrected chi connectivity index (χ2v) is 6.51. The van der Waals surface area contributed by atoms with E-state index in [1.807, 2.05) is 24.3 Å². The first-order valence-corrected chi connectivity index (χ1v) is 8.26. The van der Waals surface area contributed by atoms with E-state index in [0.717, 1.165) is 17.9 Å². The number of nitrogens with one attached hydrogen (secondary N) is 1. The smallest absolute Gasteiger partial charge is 0.123 e. The fraction of sp³-hybridized carbons (Fsp3) is 0.667. The van der Waals surface area contributed by atoms with Gasteiger partial charge in [0.15, 0.2) is 0 Å². The molecule has 2 atom stereocenters. The van der Waals surface area contributed by atoms with Crippen molar-refractivity contribution < 1.29 is 9.47 Å². The molecule has 0 aliphatic heterocycles. The molecule has 116 valence electrons. The summed E-state index contributed by atoms with van der Waals surface area (Å²) in [6, 6.07) is 8.62. The van der Waals surface area contributed by atoms with Crippen molar-refractivity contribution in [1.82, 2.24) is 5.32 Å². The zero-order valence-electron chi connectivity index (χ0n) is 13.2. The summed E-state index contributed by atoms with van der Waals surface area (Å²) < 4.78 is 11.6. The molecule has 2 fully saturated rings. The summed E-state index contributed by atoms with van der Waals surface area (Å²) in [7, 11) is 3.80. The number of benzene rings is 1. The van der Waals surface area contributed by atoms with Crippen LogP contribution in [0.25, 0.3) is 0 Å². The lowest BCUT2D eigenvalue weighted by Gasteiger charge is -2.55. The third-order valence-corrected chi connectivity index (χ3v) is 5.49. The zero-order chi connectivity index (χ0) is 14.7. The maximum Gasteiger partial charge on any atom is 0.123 e. The molecule has 1 spiro atoms. The van der Waals surface area contributed by atoms with Crippen LogP contribution in [0.4, 0.5) is 0 Å². The second kappa shape index (κ2) is 6.27. The Morgan fingerprint density at radius 3 is 2.48 bits per heavy atom. The van der Waals surface area contributed by atoms with Gasteiger partial charge in [0.2, 0.25) is 0 Å². The minimum absolute atomic E-state index is 0.342. The minimum atomic E-state index is 0.342. The van der Waals surface area contributed by atoms with E-state index >= 15 is 0 Å². The molecule has 21 heavy (non-hydrogen) atoms. The maximum absolute atomic E-state index is 6.35. The number of hydrogen-bond donors (Lipinski definition) is 1. The molecule has 3 nitrogen and oxygen atoms in total. The Morgan fingerprint density at radius 2 is 1.81 bits per heavy atom. The van der Waals surface area contributed by atoms with Crippen LogP contribution in [-0.2, 0) is 0 Å². The van der Waals surface area contributed by atoms with Crippen LogP contribution in [0.3, 0.4) is 0 Å². The highest BCUT2D eigenvalue weighted by molar-refractivity contribution is 5.33. The Labute approximate surface area is 128 Å². The normalized spacial score (nSPS) is 27.7. The molecule has 0 heterocycles. The van der Waals surface area contributed by atoms with Crippen LogP contribution in [0.2, 0.25) is 0 Å². The van der Waals surface area contributed by atoms with Crippen molar-refractivity contribution in [3.63, 3.8) is 0 Å². The first kappa shape index (κ1) is 14.7. The molecule has 3 heteroatoms. The fourth-order valence-corrected chi connectivity index (χ4v) is 4.21. The van der Waals surface area contributed by atoms with Crippen molar-refractivity contribution in [2.75, 3.05) is 14.2 Å². The van der Waals surface area contributed by atoms with E-state index in [4.69, 9.17) is 9.47 Å². The molecule has 3 rings (SSSR count). The summed E-state index contributed by atoms with van der Waals surface area (Å²) in [5, 5.41) is 3.52. The molecule has 1 N–H and O–H groups in total. The molecule has 1 aromatic carbocycles. The molecule has 0 amide bonds. The Bertz CT molecular complexity index is 466. The molecule has 0 radical (unpaired) electrons. The molecule has 2 saturated carbocycles. The van der Waals surface area contributed by atoms with Gasteiger partial charge < -0.3 is 14.8 Å². The summed E-state index contributed by atoms with van der Waals surface area (Å²) in [4.78, 5) is 0. The van der Waals surface area contributed by atoms with E-state index in [9.17, 15) is 0 Å². The summed E-state index contributed by atoms with van der Waals surface area (Å²) in [6.07, 6.45) is 9.51. The number of ether oxygens (including phenoxy) is 2. The van der Waals surface area contributed by atoms with Crippen LogP contribution >= 0.6 is 0 Å². The Kier molecular flexibility index (Phi) is 4.39. The summed E-state index contributed by atoms with van der Waals surface area (Å²) in [5.74, 6) is 1.81.